The molecular formula is C17H21N3O5S. The number of hydrogen-bond donors (Lipinski definition) is 2. The molecule has 2 amide bonds. The van der Waals surface area contributed by atoms with Gasteiger partial charge in [0.05, 0.1) is 18.2 Å². The number of hydrogen-bond acceptors (Lipinski definition) is 6. The van der Waals surface area contributed by atoms with E-state index in [-0.39, 0.29) is 34.6 Å². The molecule has 2 N–H and O–H groups in total. The molecule has 2 fully saturated rings. The summed E-state index contributed by atoms with van der Waals surface area (Å²) in [5.41, 5.74) is 0.356. The fraction of sp³-hybridized carbons (Fsp3) is 0.529. The van der Waals surface area contributed by atoms with Gasteiger partial charge in [0, 0.05) is 37.7 Å². The number of nitrogens with one attached hydrogen (secondary N) is 2. The normalized spacial score (nSPS) is 24.4. The van der Waals surface area contributed by atoms with Crippen molar-refractivity contribution in [2.24, 2.45) is 5.92 Å². The molecule has 1 aromatic rings. The lowest BCUT2D eigenvalue weighted by atomic mass is 10.0. The standard InChI is InChI=1S/C17H21N3O5S/c21-16(19-9-11-7-18-8-11)12-3-4-14-15(6-12)26(23,24)20(17(14)22)10-13-2-1-5-25-13/h3-4,6,11,13,18H,1-2,5,7-10H2,(H,19,21). The highest BCUT2D eigenvalue weighted by Gasteiger charge is 2.43. The maximum atomic E-state index is 12.8. The summed E-state index contributed by atoms with van der Waals surface area (Å²) in [7, 11) is -3.95. The van der Waals surface area contributed by atoms with Crippen molar-refractivity contribution in [3.05, 3.63) is 29.3 Å². The molecule has 0 aliphatic carbocycles. The summed E-state index contributed by atoms with van der Waals surface area (Å²) in [6.45, 7) is 2.88. The Kier molecular flexibility index (Phi) is 4.45. The van der Waals surface area contributed by atoms with Gasteiger partial charge in [0.1, 0.15) is 4.90 Å². The topological polar surface area (TPSA) is 105 Å². The molecule has 1 aromatic carbocycles. The van der Waals surface area contributed by atoms with Gasteiger partial charge in [-0.1, -0.05) is 0 Å². The van der Waals surface area contributed by atoms with Crippen LogP contribution in [-0.2, 0) is 14.8 Å². The van der Waals surface area contributed by atoms with Gasteiger partial charge in [0.25, 0.3) is 21.8 Å². The molecule has 3 aliphatic heterocycles. The molecule has 4 rings (SSSR count). The molecule has 0 saturated carbocycles. The highest BCUT2D eigenvalue weighted by atomic mass is 32.2. The Morgan fingerprint density at radius 1 is 1.35 bits per heavy atom. The molecule has 0 radical (unpaired) electrons. The minimum atomic E-state index is -3.95. The first kappa shape index (κ1) is 17.4. The monoisotopic (exact) mass is 379 g/mol. The Hall–Kier alpha value is -1.97. The molecule has 1 atom stereocenters. The number of benzene rings is 1. The van der Waals surface area contributed by atoms with Crippen LogP contribution in [0.5, 0.6) is 0 Å². The molecule has 0 spiro atoms. The van der Waals surface area contributed by atoms with Gasteiger partial charge in [-0.25, -0.2) is 12.7 Å². The fourth-order valence-corrected chi connectivity index (χ4v) is 5.03. The number of ether oxygens (including phenoxy) is 1. The van der Waals surface area contributed by atoms with Crippen LogP contribution in [-0.4, -0.2) is 63.4 Å². The van der Waals surface area contributed by atoms with E-state index in [1.165, 1.54) is 18.2 Å². The Balaban J connectivity index is 1.54. The predicted molar refractivity (Wildman–Crippen MR) is 92.3 cm³/mol. The SMILES string of the molecule is O=C(NCC1CNC1)c1ccc2c(c1)S(=O)(=O)N(CC1CCCO1)C2=O. The van der Waals surface area contributed by atoms with Crippen LogP contribution >= 0.6 is 0 Å². The van der Waals surface area contributed by atoms with Crippen molar-refractivity contribution < 1.29 is 22.7 Å². The average molecular weight is 379 g/mol. The highest BCUT2D eigenvalue weighted by Crippen LogP contribution is 2.32. The Morgan fingerprint density at radius 3 is 2.81 bits per heavy atom. The molecule has 140 valence electrons. The number of fused-ring (bicyclic) bond motifs is 1. The molecule has 8 nitrogen and oxygen atoms in total. The average Bonchev–Trinajstić information content (AvgIpc) is 3.15. The minimum Gasteiger partial charge on any atom is -0.376 e. The van der Waals surface area contributed by atoms with Crippen molar-refractivity contribution in [3.8, 4) is 0 Å². The van der Waals surface area contributed by atoms with E-state index in [0.29, 0.717) is 19.1 Å². The van der Waals surface area contributed by atoms with Gasteiger partial charge < -0.3 is 15.4 Å². The molecule has 1 unspecified atom stereocenters. The lowest BCUT2D eigenvalue weighted by molar-refractivity contribution is 0.0707. The van der Waals surface area contributed by atoms with Gasteiger partial charge >= 0.3 is 0 Å². The zero-order valence-electron chi connectivity index (χ0n) is 14.2. The fourth-order valence-electron chi connectivity index (χ4n) is 3.40. The van der Waals surface area contributed by atoms with Crippen LogP contribution in [0.4, 0.5) is 0 Å². The summed E-state index contributed by atoms with van der Waals surface area (Å²) in [6, 6.07) is 4.22. The number of carbonyl (C=O) groups excluding carboxylic acids is 2. The first-order valence-electron chi connectivity index (χ1n) is 8.78. The Labute approximate surface area is 151 Å². The number of carbonyl (C=O) groups is 2. The van der Waals surface area contributed by atoms with Gasteiger partial charge in [-0.05, 0) is 31.0 Å². The van der Waals surface area contributed by atoms with Crippen molar-refractivity contribution in [1.29, 1.82) is 0 Å². The Bertz CT molecular complexity index is 844. The number of nitrogens with zero attached hydrogens (tertiary/aromatic N) is 1. The van der Waals surface area contributed by atoms with E-state index >= 15 is 0 Å². The third-order valence-corrected chi connectivity index (χ3v) is 6.87. The second-order valence-corrected chi connectivity index (χ2v) is 8.75. The predicted octanol–water partition coefficient (Wildman–Crippen LogP) is -0.0407. The molecular weight excluding hydrogens is 358 g/mol. The van der Waals surface area contributed by atoms with E-state index in [1.807, 2.05) is 0 Å². The van der Waals surface area contributed by atoms with Crippen molar-refractivity contribution in [2.45, 2.75) is 23.8 Å². The number of rotatable bonds is 5. The van der Waals surface area contributed by atoms with Gasteiger partial charge in [-0.2, -0.15) is 0 Å². The quantitative estimate of drug-likeness (QED) is 0.744. The van der Waals surface area contributed by atoms with E-state index in [1.54, 1.807) is 0 Å². The molecule has 0 aromatic heterocycles. The van der Waals surface area contributed by atoms with Gasteiger partial charge in [-0.15, -0.1) is 0 Å². The Morgan fingerprint density at radius 2 is 2.15 bits per heavy atom. The van der Waals surface area contributed by atoms with Crippen LogP contribution in [0.25, 0.3) is 0 Å². The van der Waals surface area contributed by atoms with Crippen molar-refractivity contribution in [1.82, 2.24) is 14.9 Å². The third-order valence-electron chi connectivity index (χ3n) is 5.08. The minimum absolute atomic E-state index is 0.0199. The van der Waals surface area contributed by atoms with Crippen LogP contribution in [0.1, 0.15) is 33.6 Å². The second kappa shape index (κ2) is 6.64. The van der Waals surface area contributed by atoms with Gasteiger partial charge in [0.15, 0.2) is 0 Å². The molecule has 2 saturated heterocycles. The van der Waals surface area contributed by atoms with E-state index < -0.39 is 15.9 Å². The first-order valence-corrected chi connectivity index (χ1v) is 10.2. The summed E-state index contributed by atoms with van der Waals surface area (Å²) in [4.78, 5) is 24.7. The van der Waals surface area contributed by atoms with Crippen LogP contribution in [0.15, 0.2) is 23.1 Å². The zero-order chi connectivity index (χ0) is 18.3. The lowest BCUT2D eigenvalue weighted by Crippen LogP contribution is -2.48. The molecule has 9 heteroatoms. The summed E-state index contributed by atoms with van der Waals surface area (Å²) in [6.07, 6.45) is 1.33. The van der Waals surface area contributed by atoms with Crippen LogP contribution in [0.2, 0.25) is 0 Å². The van der Waals surface area contributed by atoms with Crippen molar-refractivity contribution in [3.63, 3.8) is 0 Å². The molecule has 26 heavy (non-hydrogen) atoms. The van der Waals surface area contributed by atoms with Crippen LogP contribution < -0.4 is 10.6 Å². The largest absolute Gasteiger partial charge is 0.376 e. The summed E-state index contributed by atoms with van der Waals surface area (Å²) in [5, 5.41) is 5.93. The van der Waals surface area contributed by atoms with Crippen LogP contribution in [0.3, 0.4) is 0 Å². The lowest BCUT2D eigenvalue weighted by Gasteiger charge is -2.27. The zero-order valence-corrected chi connectivity index (χ0v) is 15.0. The summed E-state index contributed by atoms with van der Waals surface area (Å²) >= 11 is 0. The number of sulfonamides is 1. The highest BCUT2D eigenvalue weighted by molar-refractivity contribution is 7.90. The van der Waals surface area contributed by atoms with Gasteiger partial charge in [-0.3, -0.25) is 9.59 Å². The maximum absolute atomic E-state index is 12.8. The smallest absolute Gasteiger partial charge is 0.269 e. The second-order valence-electron chi connectivity index (χ2n) is 6.92. The molecule has 3 aliphatic rings. The summed E-state index contributed by atoms with van der Waals surface area (Å²) < 4.78 is 31.9. The maximum Gasteiger partial charge on any atom is 0.269 e. The van der Waals surface area contributed by atoms with E-state index in [9.17, 15) is 18.0 Å². The van der Waals surface area contributed by atoms with Crippen molar-refractivity contribution in [2.75, 3.05) is 32.8 Å². The van der Waals surface area contributed by atoms with Crippen molar-refractivity contribution >= 4 is 21.8 Å². The van der Waals surface area contributed by atoms with Crippen LogP contribution in [0, 0.1) is 5.92 Å². The summed E-state index contributed by atoms with van der Waals surface area (Å²) in [5.74, 6) is -0.483. The number of amides is 2. The van der Waals surface area contributed by atoms with E-state index in [4.69, 9.17) is 4.74 Å². The van der Waals surface area contributed by atoms with Gasteiger partial charge in [0.2, 0.25) is 0 Å². The molecule has 3 heterocycles. The first-order chi connectivity index (χ1) is 12.5. The van der Waals surface area contributed by atoms with E-state index in [2.05, 4.69) is 10.6 Å². The van der Waals surface area contributed by atoms with E-state index in [0.717, 1.165) is 30.2 Å². The third kappa shape index (κ3) is 3.00. The molecule has 0 bridgehead atoms.